The van der Waals surface area contributed by atoms with E-state index >= 15 is 0 Å². The fourth-order valence-corrected chi connectivity index (χ4v) is 2.89. The van der Waals surface area contributed by atoms with E-state index in [2.05, 4.69) is 0 Å². The summed E-state index contributed by atoms with van der Waals surface area (Å²) in [6, 6.07) is -2.34. The Hall–Kier alpha value is -0.400. The fourth-order valence-electron chi connectivity index (χ4n) is 2.89. The zero-order valence-electron chi connectivity index (χ0n) is 12.1. The van der Waals surface area contributed by atoms with Crippen LogP contribution in [0.1, 0.15) is 6.42 Å². The summed E-state index contributed by atoms with van der Waals surface area (Å²) in [5.74, 6) is 0. The smallest absolute Gasteiger partial charge is 0.176 e. The van der Waals surface area contributed by atoms with E-state index in [-0.39, 0.29) is 13.0 Å². The second-order valence-electron chi connectivity index (χ2n) is 5.98. The number of aliphatic hydroxyl groups is 4. The Morgan fingerprint density at radius 1 is 0.909 bits per heavy atom. The third-order valence-electron chi connectivity index (χ3n) is 4.36. The van der Waals surface area contributed by atoms with E-state index in [4.69, 9.17) is 32.4 Å². The van der Waals surface area contributed by atoms with E-state index in [1.165, 1.54) is 0 Å². The molecule has 0 radical (unpaired) electrons. The van der Waals surface area contributed by atoms with Crippen LogP contribution in [0.3, 0.4) is 0 Å². The summed E-state index contributed by atoms with van der Waals surface area (Å²) in [5, 5.41) is 39.6. The van der Waals surface area contributed by atoms with Crippen molar-refractivity contribution in [2.75, 3.05) is 6.54 Å². The van der Waals surface area contributed by atoms with Gasteiger partial charge in [-0.2, -0.15) is 0 Å². The maximum atomic E-state index is 10.1. The summed E-state index contributed by atoms with van der Waals surface area (Å²) in [6.45, 7) is -0.0441. The average molecular weight is 322 g/mol. The number of ether oxygens (including phenoxy) is 2. The van der Waals surface area contributed by atoms with Crippen molar-refractivity contribution in [1.82, 2.24) is 0 Å². The molecular weight excluding hydrogens is 296 g/mol. The first-order valence-electron chi connectivity index (χ1n) is 7.28. The lowest BCUT2D eigenvalue weighted by molar-refractivity contribution is -0.287. The van der Waals surface area contributed by atoms with Crippen molar-refractivity contribution < 1.29 is 29.9 Å². The monoisotopic (exact) mass is 322 g/mol. The molecule has 0 aromatic heterocycles. The maximum Gasteiger partial charge on any atom is 0.176 e. The lowest BCUT2D eigenvalue weighted by Crippen LogP contribution is -2.67. The van der Waals surface area contributed by atoms with Crippen LogP contribution in [-0.2, 0) is 9.47 Å². The first-order valence-corrected chi connectivity index (χ1v) is 7.28. The van der Waals surface area contributed by atoms with Gasteiger partial charge in [-0.25, -0.2) is 0 Å². The van der Waals surface area contributed by atoms with Crippen LogP contribution in [-0.4, -0.2) is 88.0 Å². The van der Waals surface area contributed by atoms with Crippen LogP contribution in [0.4, 0.5) is 0 Å². The zero-order chi connectivity index (χ0) is 16.6. The van der Waals surface area contributed by atoms with Gasteiger partial charge >= 0.3 is 0 Å². The van der Waals surface area contributed by atoms with Gasteiger partial charge in [0, 0.05) is 18.6 Å². The van der Waals surface area contributed by atoms with E-state index in [9.17, 15) is 20.4 Å². The summed E-state index contributed by atoms with van der Waals surface area (Å²) in [7, 11) is 0. The molecule has 0 spiro atoms. The number of hydrogen-bond acceptors (Lipinski definition) is 10. The largest absolute Gasteiger partial charge is 0.389 e. The second-order valence-corrected chi connectivity index (χ2v) is 5.98. The molecule has 2 rings (SSSR count). The van der Waals surface area contributed by atoms with Crippen LogP contribution < -0.4 is 22.9 Å². The minimum Gasteiger partial charge on any atom is -0.389 e. The number of hydrogen-bond donors (Lipinski definition) is 8. The third-order valence-corrected chi connectivity index (χ3v) is 4.36. The molecule has 2 aliphatic rings. The first-order chi connectivity index (χ1) is 10.3. The van der Waals surface area contributed by atoms with Gasteiger partial charge in [0.25, 0.3) is 0 Å². The van der Waals surface area contributed by atoms with Gasteiger partial charge in [-0.3, -0.25) is 0 Å². The molecule has 0 bridgehead atoms. The topological polar surface area (TPSA) is 203 Å². The minimum atomic E-state index is -1.31. The molecule has 1 aliphatic heterocycles. The molecule has 130 valence electrons. The summed E-state index contributed by atoms with van der Waals surface area (Å²) in [5.41, 5.74) is 22.8. The lowest BCUT2D eigenvalue weighted by Gasteiger charge is -2.45. The minimum absolute atomic E-state index is 0.0441. The van der Waals surface area contributed by atoms with Crippen molar-refractivity contribution in [2.45, 2.75) is 67.5 Å². The van der Waals surface area contributed by atoms with Gasteiger partial charge in [0.2, 0.25) is 0 Å². The molecule has 1 aliphatic carbocycles. The molecule has 1 heterocycles. The van der Waals surface area contributed by atoms with Gasteiger partial charge < -0.3 is 52.8 Å². The Kier molecular flexibility index (Phi) is 5.72. The van der Waals surface area contributed by atoms with Crippen LogP contribution in [0.15, 0.2) is 0 Å². The van der Waals surface area contributed by atoms with Gasteiger partial charge in [-0.15, -0.1) is 0 Å². The SMILES string of the molecule is NC[C@@H]1O[C@H](O[C@H]2[C@@H](O)[C@@H](O)[C@@H](N)C[C@H]2N)[C@H](N)[C@@H](O)[C@@H]1O. The molecule has 10 heteroatoms. The van der Waals surface area contributed by atoms with Crippen molar-refractivity contribution in [3.63, 3.8) is 0 Å². The van der Waals surface area contributed by atoms with E-state index in [0.29, 0.717) is 0 Å². The maximum absolute atomic E-state index is 10.1. The van der Waals surface area contributed by atoms with E-state index < -0.39 is 61.0 Å². The van der Waals surface area contributed by atoms with E-state index in [1.807, 2.05) is 0 Å². The van der Waals surface area contributed by atoms with Crippen molar-refractivity contribution in [2.24, 2.45) is 22.9 Å². The third kappa shape index (κ3) is 3.26. The fraction of sp³-hybridized carbons (Fsp3) is 1.00. The Bertz CT molecular complexity index is 376. The number of nitrogens with two attached hydrogens (primary N) is 4. The van der Waals surface area contributed by atoms with Crippen molar-refractivity contribution in [1.29, 1.82) is 0 Å². The molecule has 10 nitrogen and oxygen atoms in total. The summed E-state index contributed by atoms with van der Waals surface area (Å²) < 4.78 is 11.0. The highest BCUT2D eigenvalue weighted by Crippen LogP contribution is 2.26. The van der Waals surface area contributed by atoms with Gasteiger partial charge in [-0.05, 0) is 6.42 Å². The Balaban J connectivity index is 2.08. The normalized spacial score (nSPS) is 53.5. The van der Waals surface area contributed by atoms with E-state index in [0.717, 1.165) is 0 Å². The summed E-state index contributed by atoms with van der Waals surface area (Å²) in [4.78, 5) is 0. The summed E-state index contributed by atoms with van der Waals surface area (Å²) >= 11 is 0. The van der Waals surface area contributed by atoms with Crippen molar-refractivity contribution in [3.8, 4) is 0 Å². The molecule has 10 atom stereocenters. The Labute approximate surface area is 128 Å². The molecule has 22 heavy (non-hydrogen) atoms. The highest BCUT2D eigenvalue weighted by atomic mass is 16.7. The van der Waals surface area contributed by atoms with Crippen molar-refractivity contribution >= 4 is 0 Å². The second kappa shape index (κ2) is 7.01. The van der Waals surface area contributed by atoms with Crippen LogP contribution in [0.25, 0.3) is 0 Å². The predicted octanol–water partition coefficient (Wildman–Crippen LogP) is -5.12. The average Bonchev–Trinajstić information content (AvgIpc) is 2.49. The molecule has 0 aromatic rings. The summed E-state index contributed by atoms with van der Waals surface area (Å²) in [6.07, 6.45) is -7.73. The molecule has 0 unspecified atom stereocenters. The Morgan fingerprint density at radius 2 is 1.55 bits per heavy atom. The quantitative estimate of drug-likeness (QED) is 0.248. The molecule has 2 fully saturated rings. The van der Waals surface area contributed by atoms with Crippen molar-refractivity contribution in [3.05, 3.63) is 0 Å². The van der Waals surface area contributed by atoms with Crippen LogP contribution in [0.5, 0.6) is 0 Å². The lowest BCUT2D eigenvalue weighted by atomic mass is 9.84. The molecule has 0 aromatic carbocycles. The molecule has 1 saturated heterocycles. The van der Waals surface area contributed by atoms with E-state index in [1.54, 1.807) is 0 Å². The standard InChI is InChI=1S/C12H26N4O6/c13-2-5-8(18)9(19)6(16)12(21-5)22-11-4(15)1-3(14)7(17)10(11)20/h3-12,17-20H,1-2,13-16H2/t3-,4+,5-,6+,7-,8+,9+,10-,11+,12+/m0/s1. The molecule has 1 saturated carbocycles. The predicted molar refractivity (Wildman–Crippen MR) is 75.2 cm³/mol. The van der Waals surface area contributed by atoms with Crippen LogP contribution in [0, 0.1) is 0 Å². The van der Waals surface area contributed by atoms with Gasteiger partial charge in [-0.1, -0.05) is 0 Å². The molecule has 12 N–H and O–H groups in total. The highest BCUT2D eigenvalue weighted by Gasteiger charge is 2.47. The molecule has 0 amide bonds. The number of rotatable bonds is 3. The Morgan fingerprint density at radius 3 is 2.14 bits per heavy atom. The molecular formula is C12H26N4O6. The highest BCUT2D eigenvalue weighted by molar-refractivity contribution is 4.99. The van der Waals surface area contributed by atoms with Gasteiger partial charge in [0.05, 0.1) is 12.1 Å². The van der Waals surface area contributed by atoms with Gasteiger partial charge in [0.1, 0.15) is 30.5 Å². The van der Waals surface area contributed by atoms with Gasteiger partial charge in [0.15, 0.2) is 6.29 Å². The van der Waals surface area contributed by atoms with Crippen LogP contribution in [0.2, 0.25) is 0 Å². The number of aliphatic hydroxyl groups excluding tert-OH is 4. The zero-order valence-corrected chi connectivity index (χ0v) is 12.1. The first kappa shape index (κ1) is 17.9. The van der Waals surface area contributed by atoms with Crippen LogP contribution >= 0.6 is 0 Å².